The summed E-state index contributed by atoms with van der Waals surface area (Å²) in [5.74, 6) is -0.344. The van der Waals surface area contributed by atoms with Gasteiger partial charge in [-0.25, -0.2) is 9.18 Å². The van der Waals surface area contributed by atoms with Crippen LogP contribution in [0.1, 0.15) is 18.4 Å². The Morgan fingerprint density at radius 1 is 1.16 bits per heavy atom. The van der Waals surface area contributed by atoms with E-state index in [-0.39, 0.29) is 17.9 Å². The van der Waals surface area contributed by atoms with E-state index in [2.05, 4.69) is 55.7 Å². The number of urea groups is 1. The first-order valence-electron chi connectivity index (χ1n) is 8.39. The van der Waals surface area contributed by atoms with E-state index in [4.69, 9.17) is 0 Å². The minimum absolute atomic E-state index is 0.159. The summed E-state index contributed by atoms with van der Waals surface area (Å²) in [5, 5.41) is 5.76. The molecule has 1 saturated heterocycles. The Kier molecular flexibility index (Phi) is 6.04. The molecule has 1 aliphatic heterocycles. The summed E-state index contributed by atoms with van der Waals surface area (Å²) in [6.45, 7) is 2.86. The van der Waals surface area contributed by atoms with Crippen LogP contribution in [-0.2, 0) is 6.54 Å². The Balaban J connectivity index is 1.44. The third-order valence-electron chi connectivity index (χ3n) is 4.35. The van der Waals surface area contributed by atoms with Crippen LogP contribution in [0.25, 0.3) is 0 Å². The van der Waals surface area contributed by atoms with Crippen molar-refractivity contribution >= 4 is 27.6 Å². The van der Waals surface area contributed by atoms with Crippen molar-refractivity contribution in [1.29, 1.82) is 0 Å². The lowest BCUT2D eigenvalue weighted by atomic mass is 10.0. The molecule has 0 spiro atoms. The molecule has 6 heteroatoms. The number of piperidine rings is 1. The van der Waals surface area contributed by atoms with E-state index < -0.39 is 0 Å². The lowest BCUT2D eigenvalue weighted by Gasteiger charge is -2.32. The molecule has 0 aromatic heterocycles. The standard InChI is InChI=1S/C19H21BrFN3O/c20-17-12-15(21)6-7-18(17)23-19(25)22-16-8-10-24(11-9-16)13-14-4-2-1-3-5-14/h1-7,12,16H,8-11,13H2,(H2,22,23,25). The van der Waals surface area contributed by atoms with E-state index in [1.54, 1.807) is 6.07 Å². The second-order valence-electron chi connectivity index (χ2n) is 6.26. The maximum absolute atomic E-state index is 13.1. The molecule has 2 aromatic carbocycles. The number of likely N-dealkylation sites (tertiary alicyclic amines) is 1. The number of benzene rings is 2. The highest BCUT2D eigenvalue weighted by molar-refractivity contribution is 9.10. The summed E-state index contributed by atoms with van der Waals surface area (Å²) in [6.07, 6.45) is 1.84. The van der Waals surface area contributed by atoms with E-state index >= 15 is 0 Å². The maximum Gasteiger partial charge on any atom is 0.319 e. The molecular formula is C19H21BrFN3O. The third kappa shape index (κ3) is 5.28. The number of amides is 2. The van der Waals surface area contributed by atoms with Crippen molar-refractivity contribution < 1.29 is 9.18 Å². The van der Waals surface area contributed by atoms with Gasteiger partial charge in [-0.3, -0.25) is 4.90 Å². The van der Waals surface area contributed by atoms with Crippen LogP contribution in [-0.4, -0.2) is 30.1 Å². The first-order valence-corrected chi connectivity index (χ1v) is 9.18. The molecule has 1 aliphatic rings. The number of hydrogen-bond acceptors (Lipinski definition) is 2. The molecule has 2 N–H and O–H groups in total. The molecule has 0 saturated carbocycles. The number of anilines is 1. The molecule has 25 heavy (non-hydrogen) atoms. The molecule has 1 fully saturated rings. The molecule has 132 valence electrons. The van der Waals surface area contributed by atoms with Crippen LogP contribution < -0.4 is 10.6 Å². The normalized spacial score (nSPS) is 15.8. The van der Waals surface area contributed by atoms with Gasteiger partial charge < -0.3 is 10.6 Å². The SMILES string of the molecule is O=C(Nc1ccc(F)cc1Br)NC1CCN(Cc2ccccc2)CC1. The van der Waals surface area contributed by atoms with E-state index in [9.17, 15) is 9.18 Å². The molecule has 0 unspecified atom stereocenters. The van der Waals surface area contributed by atoms with E-state index in [0.717, 1.165) is 32.5 Å². The second-order valence-corrected chi connectivity index (χ2v) is 7.11. The summed E-state index contributed by atoms with van der Waals surface area (Å²) >= 11 is 3.25. The van der Waals surface area contributed by atoms with Crippen molar-refractivity contribution in [2.24, 2.45) is 0 Å². The third-order valence-corrected chi connectivity index (χ3v) is 5.01. The molecular weight excluding hydrogens is 385 g/mol. The molecule has 0 bridgehead atoms. The highest BCUT2D eigenvalue weighted by atomic mass is 79.9. The van der Waals surface area contributed by atoms with E-state index in [1.165, 1.54) is 17.7 Å². The monoisotopic (exact) mass is 405 g/mol. The number of hydrogen-bond donors (Lipinski definition) is 2. The smallest absolute Gasteiger partial charge is 0.319 e. The average Bonchev–Trinajstić information content (AvgIpc) is 2.60. The molecule has 0 atom stereocenters. The van der Waals surface area contributed by atoms with Crippen molar-refractivity contribution in [3.63, 3.8) is 0 Å². The quantitative estimate of drug-likeness (QED) is 0.792. The zero-order valence-electron chi connectivity index (χ0n) is 13.8. The Morgan fingerprint density at radius 3 is 2.56 bits per heavy atom. The number of nitrogens with one attached hydrogen (secondary N) is 2. The number of carbonyl (C=O) groups excluding carboxylic acids is 1. The molecule has 1 heterocycles. The zero-order valence-corrected chi connectivity index (χ0v) is 15.4. The van der Waals surface area contributed by atoms with E-state index in [0.29, 0.717) is 10.2 Å². The number of carbonyl (C=O) groups is 1. The fraction of sp³-hybridized carbons (Fsp3) is 0.316. The Hall–Kier alpha value is -1.92. The van der Waals surface area contributed by atoms with Crippen LogP contribution in [0.3, 0.4) is 0 Å². The Bertz CT molecular complexity index is 718. The second kappa shape index (κ2) is 8.45. The van der Waals surface area contributed by atoms with Crippen molar-refractivity contribution in [3.05, 3.63) is 64.4 Å². The summed E-state index contributed by atoms with van der Waals surface area (Å²) in [4.78, 5) is 14.5. The lowest BCUT2D eigenvalue weighted by molar-refractivity contribution is 0.190. The van der Waals surface area contributed by atoms with Crippen LogP contribution in [0.5, 0.6) is 0 Å². The van der Waals surface area contributed by atoms with Crippen molar-refractivity contribution in [2.75, 3.05) is 18.4 Å². The van der Waals surface area contributed by atoms with Gasteiger partial charge in [0.1, 0.15) is 5.82 Å². The van der Waals surface area contributed by atoms with Gasteiger partial charge in [-0.05, 0) is 52.5 Å². The van der Waals surface area contributed by atoms with Gasteiger partial charge in [-0.1, -0.05) is 30.3 Å². The number of nitrogens with zero attached hydrogens (tertiary/aromatic N) is 1. The van der Waals surface area contributed by atoms with Gasteiger partial charge in [-0.2, -0.15) is 0 Å². The molecule has 2 aromatic rings. The van der Waals surface area contributed by atoms with Gasteiger partial charge in [0.2, 0.25) is 0 Å². The largest absolute Gasteiger partial charge is 0.335 e. The molecule has 3 rings (SSSR count). The van der Waals surface area contributed by atoms with Gasteiger partial charge in [0.05, 0.1) is 5.69 Å². The summed E-state index contributed by atoms with van der Waals surface area (Å²) in [5.41, 5.74) is 1.87. The number of rotatable bonds is 4. The van der Waals surface area contributed by atoms with Gasteiger partial charge in [0.25, 0.3) is 0 Å². The number of halogens is 2. The molecule has 0 aliphatic carbocycles. The summed E-state index contributed by atoms with van der Waals surface area (Å²) in [7, 11) is 0. The maximum atomic E-state index is 13.1. The summed E-state index contributed by atoms with van der Waals surface area (Å²) < 4.78 is 13.6. The van der Waals surface area contributed by atoms with Crippen molar-refractivity contribution in [1.82, 2.24) is 10.2 Å². The predicted molar refractivity (Wildman–Crippen MR) is 101 cm³/mol. The fourth-order valence-electron chi connectivity index (χ4n) is 3.01. The van der Waals surface area contributed by atoms with Gasteiger partial charge in [-0.15, -0.1) is 0 Å². The van der Waals surface area contributed by atoms with Gasteiger partial charge >= 0.3 is 6.03 Å². The van der Waals surface area contributed by atoms with Crippen molar-refractivity contribution in [3.8, 4) is 0 Å². The molecule has 4 nitrogen and oxygen atoms in total. The predicted octanol–water partition coefficient (Wildman–Crippen LogP) is 4.37. The highest BCUT2D eigenvalue weighted by Gasteiger charge is 2.21. The van der Waals surface area contributed by atoms with Crippen LogP contribution in [0.2, 0.25) is 0 Å². The van der Waals surface area contributed by atoms with Crippen LogP contribution >= 0.6 is 15.9 Å². The topological polar surface area (TPSA) is 44.4 Å². The van der Waals surface area contributed by atoms with Crippen molar-refractivity contribution in [2.45, 2.75) is 25.4 Å². The van der Waals surface area contributed by atoms with Crippen LogP contribution in [0.4, 0.5) is 14.9 Å². The van der Waals surface area contributed by atoms with Gasteiger partial charge in [0.15, 0.2) is 0 Å². The first-order chi connectivity index (χ1) is 12.1. The zero-order chi connectivity index (χ0) is 17.6. The molecule has 0 radical (unpaired) electrons. The Morgan fingerprint density at radius 2 is 1.88 bits per heavy atom. The van der Waals surface area contributed by atoms with E-state index in [1.807, 2.05) is 6.07 Å². The van der Waals surface area contributed by atoms with Gasteiger partial charge in [0, 0.05) is 30.1 Å². The minimum atomic E-state index is -0.344. The Labute approximate surface area is 155 Å². The minimum Gasteiger partial charge on any atom is -0.335 e. The summed E-state index contributed by atoms with van der Waals surface area (Å²) in [6, 6.07) is 14.5. The van der Waals surface area contributed by atoms with Crippen LogP contribution in [0, 0.1) is 5.82 Å². The highest BCUT2D eigenvalue weighted by Crippen LogP contribution is 2.23. The lowest BCUT2D eigenvalue weighted by Crippen LogP contribution is -2.45. The average molecular weight is 406 g/mol. The first kappa shape index (κ1) is 17.9. The fourth-order valence-corrected chi connectivity index (χ4v) is 3.46. The van der Waals surface area contributed by atoms with Crippen LogP contribution in [0.15, 0.2) is 53.0 Å². The molecule has 2 amide bonds.